The molecule has 2 fully saturated rings. The average Bonchev–Trinajstić information content (AvgIpc) is 3.24. The van der Waals surface area contributed by atoms with E-state index in [2.05, 4.69) is 26.9 Å². The molecule has 0 N–H and O–H groups in total. The molecule has 3 atom stereocenters. The Morgan fingerprint density at radius 3 is 2.44 bits per heavy atom. The fourth-order valence-corrected chi connectivity index (χ4v) is 5.92. The van der Waals surface area contributed by atoms with Gasteiger partial charge in [-0.25, -0.2) is 0 Å². The Morgan fingerprint density at radius 2 is 1.69 bits per heavy atom. The molecule has 0 aromatic heterocycles. The first-order chi connectivity index (χ1) is 17.6. The maximum atomic E-state index is 13.3. The molecule has 188 valence electrons. The van der Waals surface area contributed by atoms with Crippen molar-refractivity contribution in [3.8, 4) is 11.5 Å². The lowest BCUT2D eigenvalue weighted by atomic mass is 9.81. The Labute approximate surface area is 221 Å². The second kappa shape index (κ2) is 11.5. The highest BCUT2D eigenvalue weighted by Crippen LogP contribution is 2.49. The third-order valence-electron chi connectivity index (χ3n) is 7.23. The van der Waals surface area contributed by atoms with Crippen molar-refractivity contribution in [3.63, 3.8) is 0 Å². The number of piperidine rings is 1. The Balaban J connectivity index is 1.43. The summed E-state index contributed by atoms with van der Waals surface area (Å²) in [5, 5.41) is 0. The highest BCUT2D eigenvalue weighted by molar-refractivity contribution is 9.10. The van der Waals surface area contributed by atoms with Crippen molar-refractivity contribution >= 4 is 21.9 Å². The van der Waals surface area contributed by atoms with Crippen LogP contribution in [0, 0.1) is 5.92 Å². The SMILES string of the molecule is COc1cc([C@H]2OC(=O)[C@H](CN3CCCCC3)[C@@H]2c2ccccc2Br)ccc1OCc1ccccc1. The van der Waals surface area contributed by atoms with Crippen molar-refractivity contribution in [2.45, 2.75) is 37.9 Å². The zero-order chi connectivity index (χ0) is 24.9. The van der Waals surface area contributed by atoms with Gasteiger partial charge in [0.2, 0.25) is 0 Å². The van der Waals surface area contributed by atoms with Gasteiger partial charge in [-0.3, -0.25) is 4.79 Å². The molecule has 2 heterocycles. The highest BCUT2D eigenvalue weighted by atomic mass is 79.9. The van der Waals surface area contributed by atoms with E-state index in [1.54, 1.807) is 7.11 Å². The van der Waals surface area contributed by atoms with Crippen LogP contribution in [-0.4, -0.2) is 37.6 Å². The van der Waals surface area contributed by atoms with E-state index in [0.717, 1.165) is 40.8 Å². The number of ether oxygens (including phenoxy) is 3. The van der Waals surface area contributed by atoms with Gasteiger partial charge in [0.1, 0.15) is 12.7 Å². The van der Waals surface area contributed by atoms with Crippen LogP contribution in [-0.2, 0) is 16.1 Å². The van der Waals surface area contributed by atoms with E-state index in [1.165, 1.54) is 19.3 Å². The number of hydrogen-bond acceptors (Lipinski definition) is 5. The number of halogens is 1. The van der Waals surface area contributed by atoms with Gasteiger partial charge < -0.3 is 19.1 Å². The molecule has 0 radical (unpaired) electrons. The first kappa shape index (κ1) is 24.8. The lowest BCUT2D eigenvalue weighted by Gasteiger charge is -2.30. The topological polar surface area (TPSA) is 48.0 Å². The Kier molecular flexibility index (Phi) is 7.93. The molecule has 0 aliphatic carbocycles. The predicted molar refractivity (Wildman–Crippen MR) is 143 cm³/mol. The van der Waals surface area contributed by atoms with Crippen molar-refractivity contribution in [1.82, 2.24) is 4.90 Å². The van der Waals surface area contributed by atoms with Crippen LogP contribution in [0.1, 0.15) is 48.0 Å². The summed E-state index contributed by atoms with van der Waals surface area (Å²) in [5.74, 6) is 0.832. The van der Waals surface area contributed by atoms with Crippen LogP contribution in [0.25, 0.3) is 0 Å². The van der Waals surface area contributed by atoms with Gasteiger partial charge in [0.15, 0.2) is 11.5 Å². The first-order valence-corrected chi connectivity index (χ1v) is 13.5. The summed E-state index contributed by atoms with van der Waals surface area (Å²) in [4.78, 5) is 15.7. The molecule has 0 unspecified atom stereocenters. The summed E-state index contributed by atoms with van der Waals surface area (Å²) in [6.07, 6.45) is 3.24. The van der Waals surface area contributed by atoms with E-state index in [1.807, 2.05) is 66.7 Å². The van der Waals surface area contributed by atoms with E-state index in [-0.39, 0.29) is 17.8 Å². The minimum atomic E-state index is -0.400. The van der Waals surface area contributed by atoms with Gasteiger partial charge in [-0.05, 0) is 60.8 Å². The van der Waals surface area contributed by atoms with E-state index < -0.39 is 6.10 Å². The minimum absolute atomic E-state index is 0.101. The zero-order valence-electron chi connectivity index (χ0n) is 20.6. The summed E-state index contributed by atoms with van der Waals surface area (Å²) < 4.78 is 18.9. The third-order valence-corrected chi connectivity index (χ3v) is 7.95. The Hall–Kier alpha value is -2.83. The van der Waals surface area contributed by atoms with Crippen molar-refractivity contribution < 1.29 is 19.0 Å². The van der Waals surface area contributed by atoms with E-state index >= 15 is 0 Å². The average molecular weight is 550 g/mol. The molecule has 2 aliphatic heterocycles. The molecule has 0 saturated carbocycles. The summed E-state index contributed by atoms with van der Waals surface area (Å²) in [6.45, 7) is 3.25. The van der Waals surface area contributed by atoms with Gasteiger partial charge in [0.05, 0.1) is 13.0 Å². The van der Waals surface area contributed by atoms with Crippen LogP contribution in [0.4, 0.5) is 0 Å². The van der Waals surface area contributed by atoms with Gasteiger partial charge in [0, 0.05) is 16.9 Å². The van der Waals surface area contributed by atoms with Gasteiger partial charge in [0.25, 0.3) is 0 Å². The number of nitrogens with zero attached hydrogens (tertiary/aromatic N) is 1. The molecule has 2 aliphatic rings. The molecule has 2 saturated heterocycles. The number of methoxy groups -OCH3 is 1. The largest absolute Gasteiger partial charge is 0.493 e. The van der Waals surface area contributed by atoms with Gasteiger partial charge in [-0.2, -0.15) is 0 Å². The van der Waals surface area contributed by atoms with Crippen LogP contribution in [0.5, 0.6) is 11.5 Å². The monoisotopic (exact) mass is 549 g/mol. The fraction of sp³-hybridized carbons (Fsp3) is 0.367. The highest BCUT2D eigenvalue weighted by Gasteiger charge is 2.47. The lowest BCUT2D eigenvalue weighted by Crippen LogP contribution is -2.37. The number of hydrogen-bond donors (Lipinski definition) is 0. The van der Waals surface area contributed by atoms with Crippen LogP contribution in [0.15, 0.2) is 77.3 Å². The maximum absolute atomic E-state index is 13.3. The van der Waals surface area contributed by atoms with Crippen molar-refractivity contribution in [2.75, 3.05) is 26.7 Å². The lowest BCUT2D eigenvalue weighted by molar-refractivity contribution is -0.145. The summed E-state index contributed by atoms with van der Waals surface area (Å²) in [7, 11) is 1.64. The summed E-state index contributed by atoms with van der Waals surface area (Å²) in [5.41, 5.74) is 3.09. The van der Waals surface area contributed by atoms with E-state index in [9.17, 15) is 4.79 Å². The molecular formula is C30H32BrNO4. The smallest absolute Gasteiger partial charge is 0.311 e. The van der Waals surface area contributed by atoms with Crippen molar-refractivity contribution in [1.29, 1.82) is 0 Å². The number of carbonyl (C=O) groups is 1. The molecule has 3 aromatic rings. The number of cyclic esters (lactones) is 1. The van der Waals surface area contributed by atoms with Crippen LogP contribution >= 0.6 is 15.9 Å². The fourth-order valence-electron chi connectivity index (χ4n) is 5.37. The molecule has 3 aromatic carbocycles. The summed E-state index contributed by atoms with van der Waals surface area (Å²) in [6, 6.07) is 24.1. The second-order valence-electron chi connectivity index (χ2n) is 9.56. The van der Waals surface area contributed by atoms with E-state index in [4.69, 9.17) is 14.2 Å². The molecule has 36 heavy (non-hydrogen) atoms. The number of carbonyl (C=O) groups excluding carboxylic acids is 1. The zero-order valence-corrected chi connectivity index (χ0v) is 22.2. The minimum Gasteiger partial charge on any atom is -0.493 e. The maximum Gasteiger partial charge on any atom is 0.311 e. The summed E-state index contributed by atoms with van der Waals surface area (Å²) >= 11 is 3.74. The molecular weight excluding hydrogens is 518 g/mol. The molecule has 5 rings (SSSR count). The number of likely N-dealkylation sites (tertiary alicyclic amines) is 1. The number of benzene rings is 3. The van der Waals surface area contributed by atoms with Crippen molar-refractivity contribution in [3.05, 3.63) is 94.0 Å². The molecule has 0 bridgehead atoms. The predicted octanol–water partition coefficient (Wildman–Crippen LogP) is 6.52. The Bertz CT molecular complexity index is 1180. The van der Waals surface area contributed by atoms with Gasteiger partial charge >= 0.3 is 5.97 Å². The quantitative estimate of drug-likeness (QED) is 0.299. The van der Waals surface area contributed by atoms with E-state index in [0.29, 0.717) is 18.1 Å². The first-order valence-electron chi connectivity index (χ1n) is 12.7. The van der Waals surface area contributed by atoms with Crippen LogP contribution in [0.2, 0.25) is 0 Å². The van der Waals surface area contributed by atoms with Crippen molar-refractivity contribution in [2.24, 2.45) is 5.92 Å². The van der Waals surface area contributed by atoms with Gasteiger partial charge in [-0.15, -0.1) is 0 Å². The molecule has 5 nitrogen and oxygen atoms in total. The molecule has 0 spiro atoms. The van der Waals surface area contributed by atoms with Crippen LogP contribution < -0.4 is 9.47 Å². The second-order valence-corrected chi connectivity index (χ2v) is 10.4. The number of rotatable bonds is 8. The Morgan fingerprint density at radius 1 is 0.944 bits per heavy atom. The van der Waals surface area contributed by atoms with Crippen LogP contribution in [0.3, 0.4) is 0 Å². The van der Waals surface area contributed by atoms with Gasteiger partial charge in [-0.1, -0.05) is 76.9 Å². The normalized spacial score (nSPS) is 22.3. The molecule has 0 amide bonds. The standard InChI is InChI=1S/C30H32BrNO4/c1-34-27-18-22(14-15-26(27)35-20-21-10-4-2-5-11-21)29-28(23-12-6-7-13-25(23)31)24(30(33)36-29)19-32-16-8-3-9-17-32/h2,4-7,10-15,18,24,28-29H,3,8-9,16-17,19-20H2,1H3/t24-,28+,29-/m1/s1. The third kappa shape index (κ3) is 5.45. The number of esters is 1. The molecule has 6 heteroatoms.